The van der Waals surface area contributed by atoms with E-state index < -0.39 is 15.6 Å². The first-order valence-corrected chi connectivity index (χ1v) is 8.21. The predicted octanol–water partition coefficient (Wildman–Crippen LogP) is 2.19. The summed E-state index contributed by atoms with van der Waals surface area (Å²) >= 11 is 0. The summed E-state index contributed by atoms with van der Waals surface area (Å²) in [6.07, 6.45) is 0.440. The Morgan fingerprint density at radius 2 is 2.10 bits per heavy atom. The van der Waals surface area contributed by atoms with Gasteiger partial charge in [-0.3, -0.25) is 0 Å². The highest BCUT2D eigenvalue weighted by atomic mass is 32.2. The lowest BCUT2D eigenvalue weighted by molar-refractivity contribution is 0.0238. The van der Waals surface area contributed by atoms with Crippen LogP contribution in [0.25, 0.3) is 0 Å². The van der Waals surface area contributed by atoms with Gasteiger partial charge in [-0.05, 0) is 51.0 Å². The van der Waals surface area contributed by atoms with Gasteiger partial charge in [0.15, 0.2) is 0 Å². The van der Waals surface area contributed by atoms with E-state index in [4.69, 9.17) is 4.74 Å². The van der Waals surface area contributed by atoms with Crippen LogP contribution in [0.2, 0.25) is 0 Å². The van der Waals surface area contributed by atoms with E-state index in [9.17, 15) is 12.8 Å². The monoisotopic (exact) mass is 301 g/mol. The number of benzene rings is 1. The molecule has 2 rings (SSSR count). The van der Waals surface area contributed by atoms with Gasteiger partial charge in [0.1, 0.15) is 17.2 Å². The van der Waals surface area contributed by atoms with Crippen LogP contribution in [0.5, 0.6) is 5.75 Å². The maximum Gasteiger partial charge on any atom is 0.213 e. The molecule has 0 fully saturated rings. The molecule has 0 amide bonds. The molecule has 0 aromatic heterocycles. The molecular formula is C14H20FNO3S. The van der Waals surface area contributed by atoms with Gasteiger partial charge in [-0.15, -0.1) is 0 Å². The van der Waals surface area contributed by atoms with Crippen molar-refractivity contribution in [1.29, 1.82) is 0 Å². The van der Waals surface area contributed by atoms with E-state index in [1.807, 2.05) is 13.8 Å². The molecule has 1 heterocycles. The maximum atomic E-state index is 13.3. The maximum absolute atomic E-state index is 13.3. The molecule has 0 aliphatic carbocycles. The molecule has 1 aromatic carbocycles. The molecule has 6 heteroatoms. The fourth-order valence-corrected chi connectivity index (χ4v) is 3.70. The summed E-state index contributed by atoms with van der Waals surface area (Å²) in [6, 6.07) is 3.99. The van der Waals surface area contributed by atoms with Gasteiger partial charge in [-0.2, -0.15) is 4.31 Å². The van der Waals surface area contributed by atoms with Gasteiger partial charge < -0.3 is 4.74 Å². The average Bonchev–Trinajstić information content (AvgIpc) is 2.37. The highest BCUT2D eigenvalue weighted by Crippen LogP contribution is 2.36. The van der Waals surface area contributed by atoms with Crippen LogP contribution in [-0.4, -0.2) is 37.2 Å². The number of hydrogen-bond acceptors (Lipinski definition) is 3. The van der Waals surface area contributed by atoms with E-state index in [1.54, 1.807) is 20.0 Å². The number of hydrogen-bond donors (Lipinski definition) is 0. The van der Waals surface area contributed by atoms with E-state index in [0.717, 1.165) is 0 Å². The first kappa shape index (κ1) is 15.3. The predicted molar refractivity (Wildman–Crippen MR) is 75.8 cm³/mol. The van der Waals surface area contributed by atoms with Crippen molar-refractivity contribution >= 4 is 10.0 Å². The van der Waals surface area contributed by atoms with Gasteiger partial charge in [0.2, 0.25) is 10.0 Å². The summed E-state index contributed by atoms with van der Waals surface area (Å²) in [5.41, 5.74) is 0.0365. The van der Waals surface area contributed by atoms with E-state index in [2.05, 4.69) is 0 Å². The van der Waals surface area contributed by atoms with Gasteiger partial charge in [0.05, 0.1) is 11.8 Å². The average molecular weight is 301 g/mol. The lowest BCUT2D eigenvalue weighted by Crippen LogP contribution is -2.56. The van der Waals surface area contributed by atoms with Crippen molar-refractivity contribution in [2.45, 2.75) is 38.8 Å². The van der Waals surface area contributed by atoms with E-state index >= 15 is 0 Å². The molecule has 20 heavy (non-hydrogen) atoms. The summed E-state index contributed by atoms with van der Waals surface area (Å²) in [4.78, 5) is 0. The molecule has 1 aliphatic rings. The Labute approximate surface area is 119 Å². The van der Waals surface area contributed by atoms with Gasteiger partial charge >= 0.3 is 0 Å². The highest BCUT2D eigenvalue weighted by molar-refractivity contribution is 7.89. The number of ether oxygens (including phenoxy) is 1. The molecule has 0 radical (unpaired) electrons. The van der Waals surface area contributed by atoms with Crippen molar-refractivity contribution in [1.82, 2.24) is 4.31 Å². The minimum atomic E-state index is -3.32. The van der Waals surface area contributed by atoms with E-state index in [1.165, 1.54) is 16.4 Å². The molecule has 1 unspecified atom stereocenters. The van der Waals surface area contributed by atoms with E-state index in [0.29, 0.717) is 17.7 Å². The highest BCUT2D eigenvalue weighted by Gasteiger charge is 2.42. The third-order valence-corrected chi connectivity index (χ3v) is 5.72. The largest absolute Gasteiger partial charge is 0.486 e. The third kappa shape index (κ3) is 2.67. The molecule has 1 aromatic rings. The molecule has 0 saturated heterocycles. The van der Waals surface area contributed by atoms with Crippen molar-refractivity contribution in [2.75, 3.05) is 12.8 Å². The third-order valence-electron chi connectivity index (χ3n) is 3.85. The Kier molecular flexibility index (Phi) is 3.81. The molecule has 1 atom stereocenters. The molecule has 4 nitrogen and oxygen atoms in total. The Morgan fingerprint density at radius 1 is 1.45 bits per heavy atom. The van der Waals surface area contributed by atoms with Crippen LogP contribution >= 0.6 is 0 Å². The minimum Gasteiger partial charge on any atom is -0.486 e. The number of fused-ring (bicyclic) bond motifs is 1. The molecule has 0 spiro atoms. The van der Waals surface area contributed by atoms with Crippen LogP contribution < -0.4 is 4.74 Å². The minimum absolute atomic E-state index is 0.0338. The van der Waals surface area contributed by atoms with Gasteiger partial charge in [-0.1, -0.05) is 0 Å². The molecule has 112 valence electrons. The number of nitrogens with zero attached hydrogens (tertiary/aromatic N) is 1. The van der Waals surface area contributed by atoms with Crippen molar-refractivity contribution in [3.8, 4) is 5.75 Å². The zero-order valence-corrected chi connectivity index (χ0v) is 13.0. The molecule has 0 N–H and O–H groups in total. The Bertz CT molecular complexity index is 613. The summed E-state index contributed by atoms with van der Waals surface area (Å²) in [5, 5.41) is 0. The number of likely N-dealkylation sites (N-methyl/N-ethyl adjacent to an activating group) is 1. The van der Waals surface area contributed by atoms with Crippen molar-refractivity contribution in [3.63, 3.8) is 0 Å². The Morgan fingerprint density at radius 3 is 2.70 bits per heavy atom. The molecule has 1 aliphatic heterocycles. The van der Waals surface area contributed by atoms with Crippen LogP contribution in [0, 0.1) is 5.82 Å². The quantitative estimate of drug-likeness (QED) is 0.860. The van der Waals surface area contributed by atoms with Crippen LogP contribution in [0.4, 0.5) is 4.39 Å². The first-order valence-electron chi connectivity index (χ1n) is 6.60. The smallest absolute Gasteiger partial charge is 0.213 e. The topological polar surface area (TPSA) is 46.6 Å². The first-order chi connectivity index (χ1) is 9.17. The molecule has 0 bridgehead atoms. The lowest BCUT2D eigenvalue weighted by atomic mass is 9.89. The Hall–Kier alpha value is -1.14. The van der Waals surface area contributed by atoms with Crippen LogP contribution in [0.15, 0.2) is 18.2 Å². The SMILES string of the molecule is CCS(=O)(=O)N(C)C1Cc2cc(F)ccc2OC1(C)C. The normalized spacial score (nSPS) is 21.4. The standard InChI is InChI=1S/C14H20FNO3S/c1-5-20(17,18)16(4)13-9-10-8-11(15)6-7-12(10)19-14(13,2)3/h6-8,13H,5,9H2,1-4H3. The molecular weight excluding hydrogens is 281 g/mol. The zero-order chi connectivity index (χ0) is 15.1. The van der Waals surface area contributed by atoms with Gasteiger partial charge in [0.25, 0.3) is 0 Å². The number of halogens is 1. The van der Waals surface area contributed by atoms with Crippen LogP contribution in [0.3, 0.4) is 0 Å². The lowest BCUT2D eigenvalue weighted by Gasteiger charge is -2.43. The second kappa shape index (κ2) is 5.00. The van der Waals surface area contributed by atoms with Crippen molar-refractivity contribution in [3.05, 3.63) is 29.6 Å². The van der Waals surface area contributed by atoms with E-state index in [-0.39, 0.29) is 17.6 Å². The summed E-state index contributed by atoms with van der Waals surface area (Å²) in [6.45, 7) is 5.31. The molecule has 0 saturated carbocycles. The summed E-state index contributed by atoms with van der Waals surface area (Å²) in [5.74, 6) is 0.313. The summed E-state index contributed by atoms with van der Waals surface area (Å²) < 4.78 is 44.7. The zero-order valence-electron chi connectivity index (χ0n) is 12.2. The summed E-state index contributed by atoms with van der Waals surface area (Å²) in [7, 11) is -1.77. The number of sulfonamides is 1. The van der Waals surface area contributed by atoms with Gasteiger partial charge in [0, 0.05) is 7.05 Å². The second-order valence-corrected chi connectivity index (χ2v) is 7.91. The Balaban J connectivity index is 2.40. The van der Waals surface area contributed by atoms with Gasteiger partial charge in [-0.25, -0.2) is 12.8 Å². The fraction of sp³-hybridized carbons (Fsp3) is 0.571. The van der Waals surface area contributed by atoms with Crippen LogP contribution in [-0.2, 0) is 16.4 Å². The van der Waals surface area contributed by atoms with Crippen molar-refractivity contribution < 1.29 is 17.5 Å². The second-order valence-electron chi connectivity index (χ2n) is 5.59. The van der Waals surface area contributed by atoms with Crippen LogP contribution in [0.1, 0.15) is 26.3 Å². The fourth-order valence-electron chi connectivity index (χ4n) is 2.58. The van der Waals surface area contributed by atoms with Crippen molar-refractivity contribution in [2.24, 2.45) is 0 Å². The number of rotatable bonds is 3.